The van der Waals surface area contributed by atoms with E-state index in [0.717, 1.165) is 18.4 Å². The number of unbranched alkanes of at least 4 members (excludes halogenated alkanes) is 10. The number of hydrogen-bond acceptors (Lipinski definition) is 4. The van der Waals surface area contributed by atoms with Gasteiger partial charge < -0.3 is 14.4 Å². The van der Waals surface area contributed by atoms with Crippen molar-refractivity contribution in [2.75, 3.05) is 19.4 Å². The molecule has 1 unspecified atom stereocenters. The molecule has 0 heterocycles. The Hall–Kier alpha value is -1.16. The number of carbonyl (C=O) groups excluding carboxylic acids is 1. The van der Waals surface area contributed by atoms with Crippen LogP contribution in [-0.4, -0.2) is 25.3 Å². The summed E-state index contributed by atoms with van der Waals surface area (Å²) in [6, 6.07) is 9.26. The summed E-state index contributed by atoms with van der Waals surface area (Å²) >= 11 is 0. The van der Waals surface area contributed by atoms with Crippen LogP contribution in [0.4, 0.5) is 0 Å². The zero-order valence-corrected chi connectivity index (χ0v) is 21.5. The van der Waals surface area contributed by atoms with Crippen LogP contribution in [0, 0.1) is 0 Å². The largest absolute Gasteiger partial charge is 0.349 e. The highest BCUT2D eigenvalue weighted by Crippen LogP contribution is 2.50. The fourth-order valence-corrected chi connectivity index (χ4v) is 5.72. The van der Waals surface area contributed by atoms with Crippen LogP contribution in [0.2, 0.25) is 0 Å². The molecule has 1 amide bonds. The van der Waals surface area contributed by atoms with Crippen molar-refractivity contribution < 1.29 is 18.4 Å². The quantitative estimate of drug-likeness (QED) is 0.157. The third kappa shape index (κ3) is 13.4. The molecule has 6 heteroatoms. The van der Waals surface area contributed by atoms with E-state index in [4.69, 9.17) is 9.05 Å². The summed E-state index contributed by atoms with van der Waals surface area (Å²) in [4.78, 5) is 12.6. The van der Waals surface area contributed by atoms with Crippen LogP contribution in [0.3, 0.4) is 0 Å². The number of benzene rings is 1. The molecule has 0 radical (unpaired) electrons. The summed E-state index contributed by atoms with van der Waals surface area (Å²) in [7, 11) is -3.27. The molecule has 1 aromatic carbocycles. The zero-order chi connectivity index (χ0) is 23.5. The van der Waals surface area contributed by atoms with Crippen molar-refractivity contribution in [3.8, 4) is 0 Å². The van der Waals surface area contributed by atoms with E-state index in [2.05, 4.69) is 12.2 Å². The number of carbonyl (C=O) groups is 1. The lowest BCUT2D eigenvalue weighted by atomic mass is 10.0. The van der Waals surface area contributed by atoms with Crippen molar-refractivity contribution >= 4 is 13.5 Å². The molecule has 5 nitrogen and oxygen atoms in total. The molecular formula is C26H46NO4P. The minimum atomic E-state index is -3.27. The normalized spacial score (nSPS) is 12.6. The second kappa shape index (κ2) is 18.3. The van der Waals surface area contributed by atoms with E-state index < -0.39 is 7.60 Å². The van der Waals surface area contributed by atoms with Gasteiger partial charge in [0.25, 0.3) is 0 Å². The maximum Gasteiger partial charge on any atom is 0.333 e. The van der Waals surface area contributed by atoms with Crippen LogP contribution in [0.5, 0.6) is 0 Å². The lowest BCUT2D eigenvalue weighted by Crippen LogP contribution is -2.31. The van der Waals surface area contributed by atoms with Gasteiger partial charge in [-0.25, -0.2) is 0 Å². The van der Waals surface area contributed by atoms with E-state index in [0.29, 0.717) is 19.6 Å². The van der Waals surface area contributed by atoms with Crippen LogP contribution < -0.4 is 5.32 Å². The van der Waals surface area contributed by atoms with Gasteiger partial charge in [0.05, 0.1) is 25.4 Å². The molecule has 1 aromatic rings. The molecule has 0 aliphatic carbocycles. The van der Waals surface area contributed by atoms with Crippen LogP contribution in [0.25, 0.3) is 0 Å². The second-order valence-electron chi connectivity index (χ2n) is 8.45. The number of amides is 1. The Morgan fingerprint density at radius 2 is 1.31 bits per heavy atom. The maximum atomic E-state index is 13.0. The topological polar surface area (TPSA) is 64.6 Å². The monoisotopic (exact) mass is 467 g/mol. The first kappa shape index (κ1) is 28.9. The van der Waals surface area contributed by atoms with Crippen molar-refractivity contribution in [1.29, 1.82) is 0 Å². The SMILES string of the molecule is CCCCCCCCCCCCCC(=O)NC(CP(=O)(OCC)OCC)c1ccccc1. The molecule has 0 bridgehead atoms. The number of hydrogen-bond donors (Lipinski definition) is 1. The van der Waals surface area contributed by atoms with Crippen LogP contribution in [0.1, 0.15) is 109 Å². The third-order valence-corrected chi connectivity index (χ3v) is 7.72. The van der Waals surface area contributed by atoms with Crippen molar-refractivity contribution in [2.24, 2.45) is 0 Å². The summed E-state index contributed by atoms with van der Waals surface area (Å²) in [5.74, 6) is -0.00526. The van der Waals surface area contributed by atoms with Crippen LogP contribution in [-0.2, 0) is 18.4 Å². The van der Waals surface area contributed by atoms with Gasteiger partial charge in [-0.1, -0.05) is 101 Å². The van der Waals surface area contributed by atoms with Gasteiger partial charge in [-0.05, 0) is 25.8 Å². The van der Waals surface area contributed by atoms with E-state index >= 15 is 0 Å². The smallest absolute Gasteiger partial charge is 0.333 e. The van der Waals surface area contributed by atoms with Gasteiger partial charge in [-0.3, -0.25) is 9.36 Å². The van der Waals surface area contributed by atoms with Gasteiger partial charge in [-0.15, -0.1) is 0 Å². The molecule has 1 atom stereocenters. The molecule has 1 rings (SSSR count). The molecular weight excluding hydrogens is 421 g/mol. The van der Waals surface area contributed by atoms with Crippen LogP contribution in [0.15, 0.2) is 30.3 Å². The number of nitrogens with one attached hydrogen (secondary N) is 1. The molecule has 0 aromatic heterocycles. The predicted octanol–water partition coefficient (Wildman–Crippen LogP) is 7.81. The highest BCUT2D eigenvalue weighted by Gasteiger charge is 2.30. The highest BCUT2D eigenvalue weighted by molar-refractivity contribution is 7.53. The Bertz CT molecular complexity index is 628. The lowest BCUT2D eigenvalue weighted by molar-refractivity contribution is -0.121. The Balaban J connectivity index is 2.39. The van der Waals surface area contributed by atoms with Gasteiger partial charge in [0.2, 0.25) is 5.91 Å². The van der Waals surface area contributed by atoms with E-state index in [9.17, 15) is 9.36 Å². The molecule has 0 aliphatic heterocycles. The Morgan fingerprint density at radius 3 is 1.81 bits per heavy atom. The molecule has 1 N–H and O–H groups in total. The molecule has 32 heavy (non-hydrogen) atoms. The van der Waals surface area contributed by atoms with E-state index in [1.165, 1.54) is 57.8 Å². The average molecular weight is 468 g/mol. The molecule has 0 spiro atoms. The maximum absolute atomic E-state index is 13.0. The summed E-state index contributed by atoms with van der Waals surface area (Å²) in [6.07, 6.45) is 14.5. The van der Waals surface area contributed by atoms with Crippen molar-refractivity contribution in [3.05, 3.63) is 35.9 Å². The van der Waals surface area contributed by atoms with Crippen molar-refractivity contribution in [1.82, 2.24) is 5.32 Å². The van der Waals surface area contributed by atoms with Crippen LogP contribution >= 0.6 is 7.60 Å². The average Bonchev–Trinajstić information content (AvgIpc) is 2.78. The first-order valence-electron chi connectivity index (χ1n) is 12.8. The first-order chi connectivity index (χ1) is 15.5. The molecule has 0 saturated heterocycles. The summed E-state index contributed by atoms with van der Waals surface area (Å²) < 4.78 is 24.0. The highest BCUT2D eigenvalue weighted by atomic mass is 31.2. The Morgan fingerprint density at radius 1 is 0.812 bits per heavy atom. The van der Waals surface area contributed by atoms with Crippen molar-refractivity contribution in [2.45, 2.75) is 104 Å². The predicted molar refractivity (Wildman–Crippen MR) is 134 cm³/mol. The minimum absolute atomic E-state index is 0.00526. The summed E-state index contributed by atoms with van der Waals surface area (Å²) in [6.45, 7) is 6.47. The second-order valence-corrected chi connectivity index (χ2v) is 10.5. The molecule has 0 saturated carbocycles. The standard InChI is InChI=1S/C26H46NO4P/c1-4-7-8-9-10-11-12-13-14-15-19-22-26(28)27-25(24-20-17-16-18-21-24)23-32(29,30-5-2)31-6-3/h16-18,20-21,25H,4-15,19,22-23H2,1-3H3,(H,27,28). The zero-order valence-electron chi connectivity index (χ0n) is 20.7. The van der Waals surface area contributed by atoms with Gasteiger partial charge in [0.1, 0.15) is 0 Å². The van der Waals surface area contributed by atoms with Gasteiger partial charge in [0.15, 0.2) is 0 Å². The summed E-state index contributed by atoms with van der Waals surface area (Å²) in [5.41, 5.74) is 0.916. The number of rotatable bonds is 20. The Labute approximate surface area is 196 Å². The van der Waals surface area contributed by atoms with E-state index in [1.54, 1.807) is 13.8 Å². The lowest BCUT2D eigenvalue weighted by Gasteiger charge is -2.24. The van der Waals surface area contributed by atoms with E-state index in [1.807, 2.05) is 30.3 Å². The third-order valence-electron chi connectivity index (χ3n) is 5.60. The molecule has 184 valence electrons. The Kier molecular flexibility index (Phi) is 16.5. The van der Waals surface area contributed by atoms with Gasteiger partial charge in [0, 0.05) is 6.42 Å². The summed E-state index contributed by atoms with van der Waals surface area (Å²) in [5, 5.41) is 3.07. The van der Waals surface area contributed by atoms with E-state index in [-0.39, 0.29) is 18.1 Å². The molecule has 0 fully saturated rings. The minimum Gasteiger partial charge on any atom is -0.349 e. The fourth-order valence-electron chi connectivity index (χ4n) is 3.90. The van der Waals surface area contributed by atoms with Gasteiger partial charge in [-0.2, -0.15) is 0 Å². The van der Waals surface area contributed by atoms with Crippen molar-refractivity contribution in [3.63, 3.8) is 0 Å². The molecule has 0 aliphatic rings. The first-order valence-corrected chi connectivity index (χ1v) is 14.5. The fraction of sp³-hybridized carbons (Fsp3) is 0.731. The van der Waals surface area contributed by atoms with Gasteiger partial charge >= 0.3 is 7.60 Å².